The Bertz CT molecular complexity index is 1410. The fourth-order valence-corrected chi connectivity index (χ4v) is 3.84. The topological polar surface area (TPSA) is 71.5 Å². The molecule has 5 heteroatoms. The van der Waals surface area contributed by atoms with Crippen molar-refractivity contribution in [2.24, 2.45) is 0 Å². The van der Waals surface area contributed by atoms with E-state index in [1.165, 1.54) is 0 Å². The van der Waals surface area contributed by atoms with Crippen LogP contribution < -0.4 is 9.47 Å². The third-order valence-electron chi connectivity index (χ3n) is 5.29. The first-order valence-corrected chi connectivity index (χ1v) is 10.6. The highest BCUT2D eigenvalue weighted by Gasteiger charge is 2.17. The largest absolute Gasteiger partial charge is 0.481 e. The van der Waals surface area contributed by atoms with Crippen molar-refractivity contribution in [3.05, 3.63) is 109 Å². The number of carboxylic acid groups (broad SMARTS) is 1. The Morgan fingerprint density at radius 1 is 0.697 bits per heavy atom. The number of ether oxygens (including phenoxy) is 2. The highest BCUT2D eigenvalue weighted by molar-refractivity contribution is 5.94. The lowest BCUT2D eigenvalue weighted by Gasteiger charge is -2.08. The standard InChI is InChI=1S/C28H21NO4/c30-27(31)18-25-24-17-23(33-21-11-5-2-6-12-21)14-15-26(24)29-28(25)19-8-7-13-22(16-19)32-20-9-3-1-4-10-20/h1-17,29H,18H2,(H,30,31). The summed E-state index contributed by atoms with van der Waals surface area (Å²) in [6.45, 7) is 0. The summed E-state index contributed by atoms with van der Waals surface area (Å²) < 4.78 is 11.9. The molecule has 0 fully saturated rings. The fraction of sp³-hybridized carbons (Fsp3) is 0.0357. The summed E-state index contributed by atoms with van der Waals surface area (Å²) in [7, 11) is 0. The highest BCUT2D eigenvalue weighted by Crippen LogP contribution is 2.36. The van der Waals surface area contributed by atoms with E-state index in [0.29, 0.717) is 17.1 Å². The van der Waals surface area contributed by atoms with Crippen LogP contribution in [0.1, 0.15) is 5.56 Å². The van der Waals surface area contributed by atoms with E-state index in [1.54, 1.807) is 0 Å². The molecule has 162 valence electrons. The van der Waals surface area contributed by atoms with Gasteiger partial charge in [0.1, 0.15) is 23.0 Å². The van der Waals surface area contributed by atoms with Crippen molar-refractivity contribution in [2.45, 2.75) is 6.42 Å². The third kappa shape index (κ3) is 4.57. The first-order valence-electron chi connectivity index (χ1n) is 10.6. The quantitative estimate of drug-likeness (QED) is 0.287. The molecule has 0 aliphatic carbocycles. The number of aliphatic carboxylic acids is 1. The van der Waals surface area contributed by atoms with Gasteiger partial charge in [-0.1, -0.05) is 48.5 Å². The Morgan fingerprint density at radius 2 is 1.30 bits per heavy atom. The molecule has 0 aliphatic rings. The van der Waals surface area contributed by atoms with Gasteiger partial charge in [-0.25, -0.2) is 0 Å². The van der Waals surface area contributed by atoms with Gasteiger partial charge in [-0.05, 0) is 60.2 Å². The Labute approximate surface area is 190 Å². The molecule has 1 aromatic heterocycles. The van der Waals surface area contributed by atoms with Crippen molar-refractivity contribution in [1.82, 2.24) is 4.98 Å². The van der Waals surface area contributed by atoms with Crippen molar-refractivity contribution in [3.8, 4) is 34.3 Å². The summed E-state index contributed by atoms with van der Waals surface area (Å²) in [5.74, 6) is 1.87. The summed E-state index contributed by atoms with van der Waals surface area (Å²) in [5, 5.41) is 10.4. The number of aromatic amines is 1. The van der Waals surface area contributed by atoms with E-state index in [1.807, 2.05) is 103 Å². The second-order valence-electron chi connectivity index (χ2n) is 7.61. The number of fused-ring (bicyclic) bond motifs is 1. The normalized spacial score (nSPS) is 10.8. The fourth-order valence-electron chi connectivity index (χ4n) is 3.84. The van der Waals surface area contributed by atoms with Gasteiger partial charge in [-0.15, -0.1) is 0 Å². The molecule has 0 radical (unpaired) electrons. The smallest absolute Gasteiger partial charge is 0.307 e. The number of carbonyl (C=O) groups is 1. The van der Waals surface area contributed by atoms with Crippen LogP contribution in [0.25, 0.3) is 22.2 Å². The lowest BCUT2D eigenvalue weighted by Crippen LogP contribution is -2.01. The number of nitrogens with one attached hydrogen (secondary N) is 1. The van der Waals surface area contributed by atoms with Gasteiger partial charge in [0.15, 0.2) is 0 Å². The van der Waals surface area contributed by atoms with Gasteiger partial charge in [0, 0.05) is 16.5 Å². The average Bonchev–Trinajstić information content (AvgIpc) is 3.18. The molecule has 5 rings (SSSR count). The number of carboxylic acids is 1. The van der Waals surface area contributed by atoms with Crippen molar-refractivity contribution in [3.63, 3.8) is 0 Å². The number of aromatic nitrogens is 1. The van der Waals surface area contributed by atoms with Crippen LogP contribution in [0.4, 0.5) is 0 Å². The Morgan fingerprint density at radius 3 is 1.94 bits per heavy atom. The third-order valence-corrected chi connectivity index (χ3v) is 5.29. The van der Waals surface area contributed by atoms with Crippen LogP contribution >= 0.6 is 0 Å². The summed E-state index contributed by atoms with van der Waals surface area (Å²) in [6.07, 6.45) is -0.117. The number of hydrogen-bond donors (Lipinski definition) is 2. The Balaban J connectivity index is 1.55. The lowest BCUT2D eigenvalue weighted by atomic mass is 10.0. The van der Waals surface area contributed by atoms with Crippen molar-refractivity contribution >= 4 is 16.9 Å². The minimum absolute atomic E-state index is 0.117. The highest BCUT2D eigenvalue weighted by atomic mass is 16.5. The van der Waals surface area contributed by atoms with E-state index in [0.717, 1.165) is 33.7 Å². The Hall–Kier alpha value is -4.51. The molecule has 0 unspecified atom stereocenters. The lowest BCUT2D eigenvalue weighted by molar-refractivity contribution is -0.136. The molecule has 2 N–H and O–H groups in total. The van der Waals surface area contributed by atoms with E-state index >= 15 is 0 Å². The maximum Gasteiger partial charge on any atom is 0.307 e. The van der Waals surface area contributed by atoms with E-state index in [-0.39, 0.29) is 6.42 Å². The molecule has 4 aromatic carbocycles. The summed E-state index contributed by atoms with van der Waals surface area (Å²) in [5.41, 5.74) is 3.15. The van der Waals surface area contributed by atoms with Crippen molar-refractivity contribution in [2.75, 3.05) is 0 Å². The van der Waals surface area contributed by atoms with Crippen LogP contribution in [0, 0.1) is 0 Å². The van der Waals surface area contributed by atoms with Gasteiger partial charge in [0.05, 0.1) is 12.1 Å². The SMILES string of the molecule is O=C(O)Cc1c(-c2cccc(Oc3ccccc3)c2)[nH]c2ccc(Oc3ccccc3)cc12. The van der Waals surface area contributed by atoms with Crippen molar-refractivity contribution in [1.29, 1.82) is 0 Å². The van der Waals surface area contributed by atoms with Gasteiger partial charge < -0.3 is 19.6 Å². The molecule has 1 heterocycles. The van der Waals surface area contributed by atoms with Crippen LogP contribution in [0.2, 0.25) is 0 Å². The molecular weight excluding hydrogens is 414 g/mol. The van der Waals surface area contributed by atoms with E-state index in [9.17, 15) is 9.90 Å². The monoisotopic (exact) mass is 435 g/mol. The van der Waals surface area contributed by atoms with Crippen LogP contribution in [0.15, 0.2) is 103 Å². The number of para-hydroxylation sites is 2. The molecule has 0 spiro atoms. The zero-order valence-electron chi connectivity index (χ0n) is 17.7. The summed E-state index contributed by atoms with van der Waals surface area (Å²) in [6, 6.07) is 32.3. The Kier molecular flexibility index (Phi) is 5.52. The number of rotatable bonds is 7. The molecule has 0 saturated carbocycles. The molecule has 0 bridgehead atoms. The molecule has 0 amide bonds. The molecule has 0 aliphatic heterocycles. The van der Waals surface area contributed by atoms with E-state index in [4.69, 9.17) is 9.47 Å². The minimum atomic E-state index is -0.900. The van der Waals surface area contributed by atoms with Crippen LogP contribution in [-0.2, 0) is 11.2 Å². The van der Waals surface area contributed by atoms with Gasteiger partial charge in [0.25, 0.3) is 0 Å². The summed E-state index contributed by atoms with van der Waals surface area (Å²) in [4.78, 5) is 15.1. The minimum Gasteiger partial charge on any atom is -0.481 e. The van der Waals surface area contributed by atoms with Gasteiger partial charge in [0.2, 0.25) is 0 Å². The molecule has 33 heavy (non-hydrogen) atoms. The molecule has 0 atom stereocenters. The van der Waals surface area contributed by atoms with E-state index < -0.39 is 5.97 Å². The van der Waals surface area contributed by atoms with Gasteiger partial charge in [-0.3, -0.25) is 4.79 Å². The predicted octanol–water partition coefficient (Wildman–Crippen LogP) is 7.05. The first-order chi connectivity index (χ1) is 16.2. The van der Waals surface area contributed by atoms with Crippen LogP contribution in [-0.4, -0.2) is 16.1 Å². The zero-order chi connectivity index (χ0) is 22.6. The number of benzene rings is 4. The second kappa shape index (κ2) is 8.93. The molecular formula is C28H21NO4. The number of H-pyrrole nitrogens is 1. The number of hydrogen-bond acceptors (Lipinski definition) is 3. The predicted molar refractivity (Wildman–Crippen MR) is 128 cm³/mol. The van der Waals surface area contributed by atoms with Crippen molar-refractivity contribution < 1.29 is 19.4 Å². The van der Waals surface area contributed by atoms with Crippen LogP contribution in [0.3, 0.4) is 0 Å². The molecule has 5 nitrogen and oxygen atoms in total. The zero-order valence-corrected chi connectivity index (χ0v) is 17.7. The second-order valence-corrected chi connectivity index (χ2v) is 7.61. The first kappa shape index (κ1) is 20.4. The van der Waals surface area contributed by atoms with Gasteiger partial charge in [-0.2, -0.15) is 0 Å². The van der Waals surface area contributed by atoms with Gasteiger partial charge >= 0.3 is 5.97 Å². The summed E-state index contributed by atoms with van der Waals surface area (Å²) >= 11 is 0. The average molecular weight is 435 g/mol. The maximum atomic E-state index is 11.7. The maximum absolute atomic E-state index is 11.7. The van der Waals surface area contributed by atoms with E-state index in [2.05, 4.69) is 4.98 Å². The molecule has 5 aromatic rings. The molecule has 0 saturated heterocycles. The van der Waals surface area contributed by atoms with Crippen LogP contribution in [0.5, 0.6) is 23.0 Å².